The Balaban J connectivity index is 1.76. The summed E-state index contributed by atoms with van der Waals surface area (Å²) in [5, 5.41) is 0.585. The van der Waals surface area contributed by atoms with E-state index >= 15 is 0 Å². The zero-order valence-corrected chi connectivity index (χ0v) is 18.8. The highest BCUT2D eigenvalue weighted by Gasteiger charge is 2.54. The first-order chi connectivity index (χ1) is 15.3. The number of likely N-dealkylation sites (tertiary alicyclic amines) is 1. The third-order valence-electron chi connectivity index (χ3n) is 5.87. The van der Waals surface area contributed by atoms with E-state index in [-0.39, 0.29) is 30.7 Å². The van der Waals surface area contributed by atoms with Crippen LogP contribution in [0.5, 0.6) is 5.75 Å². The number of ether oxygens (including phenoxy) is 3. The number of hydrogen-bond donors (Lipinski definition) is 0. The maximum atomic E-state index is 13.9. The number of aryl methyl sites for hydroxylation is 1. The molecule has 1 saturated heterocycles. The predicted octanol–water partition coefficient (Wildman–Crippen LogP) is 4.50. The summed E-state index contributed by atoms with van der Waals surface area (Å²) in [5.74, 6) is -1.03. The molecule has 2 aromatic rings. The van der Waals surface area contributed by atoms with Crippen LogP contribution in [0.4, 0.5) is 18.0 Å². The van der Waals surface area contributed by atoms with Crippen LogP contribution in [0.25, 0.3) is 10.9 Å². The van der Waals surface area contributed by atoms with Crippen molar-refractivity contribution in [1.82, 2.24) is 9.88 Å². The van der Waals surface area contributed by atoms with E-state index in [4.69, 9.17) is 14.2 Å². The van der Waals surface area contributed by atoms with Crippen molar-refractivity contribution in [1.29, 1.82) is 0 Å². The highest BCUT2D eigenvalue weighted by atomic mass is 19.4. The number of carbonyl (C=O) groups excluding carboxylic acids is 2. The molecular formula is C23H25F3N2O5. The zero-order chi connectivity index (χ0) is 24.2. The van der Waals surface area contributed by atoms with E-state index in [2.05, 4.69) is 4.98 Å². The Morgan fingerprint density at radius 3 is 2.55 bits per heavy atom. The van der Waals surface area contributed by atoms with Crippen molar-refractivity contribution in [3.8, 4) is 5.75 Å². The standard InChI is InChI=1S/C23H25F3N2O5/c1-21(2,3)33-20(30)28-12-22(11-16(28)19(29)31-4)10-9-14-13-7-5-6-8-15(13)27-18(17(14)32-22)23(24,25)26/h5-8,16H,9-12H2,1-4H3/t16-,22?/m0/s1. The number of esters is 1. The number of fused-ring (bicyclic) bond motifs is 3. The summed E-state index contributed by atoms with van der Waals surface area (Å²) < 4.78 is 58.1. The molecule has 0 bridgehead atoms. The van der Waals surface area contributed by atoms with Crippen molar-refractivity contribution < 1.29 is 37.0 Å². The second kappa shape index (κ2) is 7.78. The summed E-state index contributed by atoms with van der Waals surface area (Å²) in [6.07, 6.45) is -4.91. The molecule has 178 valence electrons. The molecule has 1 amide bonds. The van der Waals surface area contributed by atoms with Crippen LogP contribution in [0, 0.1) is 0 Å². The van der Waals surface area contributed by atoms with Crippen LogP contribution in [-0.4, -0.2) is 52.8 Å². The maximum Gasteiger partial charge on any atom is 0.437 e. The summed E-state index contributed by atoms with van der Waals surface area (Å²) in [5.41, 5.74) is -2.48. The van der Waals surface area contributed by atoms with Gasteiger partial charge in [0.05, 0.1) is 19.2 Å². The quantitative estimate of drug-likeness (QED) is 0.576. The van der Waals surface area contributed by atoms with E-state index in [1.807, 2.05) is 0 Å². The molecule has 7 nitrogen and oxygen atoms in total. The molecule has 10 heteroatoms. The number of aromatic nitrogens is 1. The number of halogens is 3. The van der Waals surface area contributed by atoms with Gasteiger partial charge in [-0.15, -0.1) is 0 Å². The van der Waals surface area contributed by atoms with Gasteiger partial charge >= 0.3 is 18.2 Å². The zero-order valence-electron chi connectivity index (χ0n) is 18.8. The Kier molecular flexibility index (Phi) is 5.45. The number of benzene rings is 1. The molecule has 0 aliphatic carbocycles. The molecule has 4 rings (SSSR count). The van der Waals surface area contributed by atoms with E-state index in [1.165, 1.54) is 18.1 Å². The second-order valence-corrected chi connectivity index (χ2v) is 9.42. The molecule has 0 radical (unpaired) electrons. The summed E-state index contributed by atoms with van der Waals surface area (Å²) >= 11 is 0. The molecule has 1 aromatic carbocycles. The van der Waals surface area contributed by atoms with Gasteiger partial charge in [0, 0.05) is 17.4 Å². The van der Waals surface area contributed by atoms with Crippen LogP contribution >= 0.6 is 0 Å². The van der Waals surface area contributed by atoms with Gasteiger partial charge in [-0.1, -0.05) is 18.2 Å². The Labute approximate surface area is 188 Å². The molecule has 1 fully saturated rings. The smallest absolute Gasteiger partial charge is 0.437 e. The van der Waals surface area contributed by atoms with E-state index in [0.717, 1.165) is 0 Å². The Bertz CT molecular complexity index is 1110. The minimum Gasteiger partial charge on any atom is -0.483 e. The van der Waals surface area contributed by atoms with Crippen LogP contribution in [0.2, 0.25) is 0 Å². The van der Waals surface area contributed by atoms with E-state index in [1.54, 1.807) is 39.0 Å². The molecule has 1 unspecified atom stereocenters. The topological polar surface area (TPSA) is 78.0 Å². The number of alkyl halides is 3. The van der Waals surface area contributed by atoms with Gasteiger partial charge in [-0.05, 0) is 39.7 Å². The van der Waals surface area contributed by atoms with Crippen molar-refractivity contribution in [2.24, 2.45) is 0 Å². The van der Waals surface area contributed by atoms with Crippen molar-refractivity contribution >= 4 is 23.0 Å². The van der Waals surface area contributed by atoms with Crippen LogP contribution in [0.15, 0.2) is 24.3 Å². The molecular weight excluding hydrogens is 441 g/mol. The minimum atomic E-state index is -4.74. The SMILES string of the molecule is COC(=O)[C@@H]1CC2(CCc3c(c(C(F)(F)F)nc4ccccc34)O2)CN1C(=O)OC(C)(C)C. The molecule has 2 atom stereocenters. The lowest BCUT2D eigenvalue weighted by molar-refractivity contribution is -0.146. The third kappa shape index (κ3) is 4.30. The first kappa shape index (κ1) is 23.1. The number of amides is 1. The summed E-state index contributed by atoms with van der Waals surface area (Å²) in [6.45, 7) is 4.95. The van der Waals surface area contributed by atoms with Crippen molar-refractivity contribution in [3.05, 3.63) is 35.5 Å². The first-order valence-electron chi connectivity index (χ1n) is 10.6. The molecule has 0 N–H and O–H groups in total. The number of nitrogens with zero attached hydrogens (tertiary/aromatic N) is 2. The van der Waals surface area contributed by atoms with Gasteiger partial charge in [-0.3, -0.25) is 4.90 Å². The number of rotatable bonds is 1. The van der Waals surface area contributed by atoms with Gasteiger partial charge in [-0.25, -0.2) is 14.6 Å². The molecule has 1 spiro atoms. The highest BCUT2D eigenvalue weighted by molar-refractivity contribution is 5.86. The molecule has 0 saturated carbocycles. The molecule has 1 aromatic heterocycles. The predicted molar refractivity (Wildman–Crippen MR) is 112 cm³/mol. The lowest BCUT2D eigenvalue weighted by Crippen LogP contribution is -2.46. The van der Waals surface area contributed by atoms with Gasteiger partial charge in [0.15, 0.2) is 11.4 Å². The first-order valence-corrected chi connectivity index (χ1v) is 10.6. The lowest BCUT2D eigenvalue weighted by Gasteiger charge is -2.37. The van der Waals surface area contributed by atoms with Crippen LogP contribution < -0.4 is 4.74 Å². The van der Waals surface area contributed by atoms with Crippen molar-refractivity contribution in [3.63, 3.8) is 0 Å². The van der Waals surface area contributed by atoms with Gasteiger partial charge in [0.25, 0.3) is 0 Å². The van der Waals surface area contributed by atoms with Crippen molar-refractivity contribution in [2.75, 3.05) is 13.7 Å². The fraction of sp³-hybridized carbons (Fsp3) is 0.522. The molecule has 33 heavy (non-hydrogen) atoms. The largest absolute Gasteiger partial charge is 0.483 e. The second-order valence-electron chi connectivity index (χ2n) is 9.42. The Morgan fingerprint density at radius 1 is 1.21 bits per heavy atom. The average molecular weight is 466 g/mol. The summed E-state index contributed by atoms with van der Waals surface area (Å²) in [4.78, 5) is 30.3. The monoisotopic (exact) mass is 466 g/mol. The number of para-hydroxylation sites is 1. The van der Waals surface area contributed by atoms with Gasteiger partial charge in [0.1, 0.15) is 17.2 Å². The number of carbonyl (C=O) groups is 2. The summed E-state index contributed by atoms with van der Waals surface area (Å²) in [7, 11) is 1.19. The summed E-state index contributed by atoms with van der Waals surface area (Å²) in [6, 6.07) is 5.57. The van der Waals surface area contributed by atoms with Gasteiger partial charge < -0.3 is 14.2 Å². The van der Waals surface area contributed by atoms with E-state index in [0.29, 0.717) is 17.4 Å². The number of pyridine rings is 1. The minimum absolute atomic E-state index is 0.0114. The Morgan fingerprint density at radius 2 is 1.91 bits per heavy atom. The third-order valence-corrected chi connectivity index (χ3v) is 5.87. The normalized spacial score (nSPS) is 22.8. The van der Waals surface area contributed by atoms with Gasteiger partial charge in [-0.2, -0.15) is 13.2 Å². The maximum absolute atomic E-state index is 13.9. The average Bonchev–Trinajstić information content (AvgIpc) is 3.09. The van der Waals surface area contributed by atoms with E-state index in [9.17, 15) is 22.8 Å². The Hall–Kier alpha value is -3.04. The number of hydrogen-bond acceptors (Lipinski definition) is 6. The molecule has 2 aliphatic rings. The van der Waals surface area contributed by atoms with Crippen LogP contribution in [-0.2, 0) is 26.9 Å². The fourth-order valence-electron chi connectivity index (χ4n) is 4.50. The van der Waals surface area contributed by atoms with E-state index < -0.39 is 41.2 Å². The van der Waals surface area contributed by atoms with Crippen LogP contribution in [0.3, 0.4) is 0 Å². The lowest BCUT2D eigenvalue weighted by atomic mass is 9.87. The van der Waals surface area contributed by atoms with Crippen LogP contribution in [0.1, 0.15) is 44.9 Å². The fourth-order valence-corrected chi connectivity index (χ4v) is 4.50. The number of methoxy groups -OCH3 is 1. The molecule has 3 heterocycles. The van der Waals surface area contributed by atoms with Gasteiger partial charge in [0.2, 0.25) is 0 Å². The molecule has 2 aliphatic heterocycles. The van der Waals surface area contributed by atoms with Crippen molar-refractivity contribution in [2.45, 2.75) is 63.5 Å². The highest BCUT2D eigenvalue weighted by Crippen LogP contribution is 2.48.